The Morgan fingerprint density at radius 2 is 2.08 bits per heavy atom. The van der Waals surface area contributed by atoms with Gasteiger partial charge in [0, 0.05) is 20.6 Å². The Kier molecular flexibility index (Phi) is 2.65. The molecule has 1 aromatic carbocycles. The van der Waals surface area contributed by atoms with Gasteiger partial charge in [-0.3, -0.25) is 0 Å². The summed E-state index contributed by atoms with van der Waals surface area (Å²) in [5.41, 5.74) is 6.77. The van der Waals surface area contributed by atoms with E-state index in [0.29, 0.717) is 12.2 Å². The molecule has 0 radical (unpaired) electrons. The Balaban J connectivity index is 3.03. The van der Waals surface area contributed by atoms with Gasteiger partial charge in [-0.2, -0.15) is 0 Å². The predicted octanol–water partition coefficient (Wildman–Crippen LogP) is 1.35. The molecule has 0 unspecified atom stereocenters. The number of hydrogen-bond donors (Lipinski definition) is 1. The van der Waals surface area contributed by atoms with Crippen molar-refractivity contribution in [1.82, 2.24) is 0 Å². The van der Waals surface area contributed by atoms with Gasteiger partial charge in [0.15, 0.2) is 0 Å². The molecular formula is C9H13FN2. The first-order valence-corrected chi connectivity index (χ1v) is 3.81. The highest BCUT2D eigenvalue weighted by atomic mass is 19.1. The quantitative estimate of drug-likeness (QED) is 0.722. The molecule has 66 valence electrons. The predicted molar refractivity (Wildman–Crippen MR) is 48.6 cm³/mol. The summed E-state index contributed by atoms with van der Waals surface area (Å²) in [6, 6.07) is 5.03. The van der Waals surface area contributed by atoms with E-state index in [2.05, 4.69) is 0 Å². The second-order valence-electron chi connectivity index (χ2n) is 2.88. The molecule has 3 heteroatoms. The lowest BCUT2D eigenvalue weighted by Gasteiger charge is -2.13. The Bertz CT molecular complexity index is 271. The monoisotopic (exact) mass is 168 g/mol. The molecule has 0 aliphatic heterocycles. The Labute approximate surface area is 71.8 Å². The van der Waals surface area contributed by atoms with Gasteiger partial charge in [0.2, 0.25) is 0 Å². The van der Waals surface area contributed by atoms with Crippen molar-refractivity contribution in [2.24, 2.45) is 5.73 Å². The molecule has 0 fully saturated rings. The van der Waals surface area contributed by atoms with Crippen LogP contribution < -0.4 is 10.6 Å². The fraction of sp³-hybridized carbons (Fsp3) is 0.333. The van der Waals surface area contributed by atoms with Crippen molar-refractivity contribution in [3.8, 4) is 0 Å². The Morgan fingerprint density at radius 1 is 1.42 bits per heavy atom. The molecule has 0 saturated carbocycles. The number of benzene rings is 1. The minimum Gasteiger partial charge on any atom is -0.375 e. The van der Waals surface area contributed by atoms with Crippen LogP contribution in [0.1, 0.15) is 5.56 Å². The summed E-state index contributed by atoms with van der Waals surface area (Å²) in [4.78, 5) is 1.73. The fourth-order valence-electron chi connectivity index (χ4n) is 1.04. The van der Waals surface area contributed by atoms with Crippen molar-refractivity contribution in [2.45, 2.75) is 6.54 Å². The summed E-state index contributed by atoms with van der Waals surface area (Å²) in [7, 11) is 3.61. The molecule has 12 heavy (non-hydrogen) atoms. The van der Waals surface area contributed by atoms with Crippen LogP contribution in [-0.4, -0.2) is 14.1 Å². The summed E-state index contributed by atoms with van der Waals surface area (Å²) in [6.45, 7) is 0.380. The number of halogens is 1. The highest BCUT2D eigenvalue weighted by Crippen LogP contribution is 2.17. The van der Waals surface area contributed by atoms with E-state index in [1.54, 1.807) is 25.1 Å². The smallest absolute Gasteiger partial charge is 0.146 e. The van der Waals surface area contributed by atoms with E-state index < -0.39 is 0 Å². The van der Waals surface area contributed by atoms with Gasteiger partial charge in [-0.25, -0.2) is 4.39 Å². The maximum atomic E-state index is 13.2. The van der Waals surface area contributed by atoms with Crippen molar-refractivity contribution in [3.63, 3.8) is 0 Å². The van der Waals surface area contributed by atoms with Crippen molar-refractivity contribution >= 4 is 5.69 Å². The average molecular weight is 168 g/mol. The molecule has 0 bridgehead atoms. The van der Waals surface area contributed by atoms with Gasteiger partial charge in [-0.1, -0.05) is 6.07 Å². The van der Waals surface area contributed by atoms with E-state index in [0.717, 1.165) is 5.56 Å². The van der Waals surface area contributed by atoms with E-state index in [1.165, 1.54) is 6.07 Å². The maximum Gasteiger partial charge on any atom is 0.146 e. The zero-order valence-electron chi connectivity index (χ0n) is 7.34. The largest absolute Gasteiger partial charge is 0.375 e. The van der Waals surface area contributed by atoms with Crippen LogP contribution in [0.5, 0.6) is 0 Å². The zero-order valence-corrected chi connectivity index (χ0v) is 7.34. The molecule has 1 aromatic rings. The summed E-state index contributed by atoms with van der Waals surface area (Å²) >= 11 is 0. The van der Waals surface area contributed by atoms with Crippen LogP contribution in [0.15, 0.2) is 18.2 Å². The van der Waals surface area contributed by atoms with Crippen LogP contribution >= 0.6 is 0 Å². The maximum absolute atomic E-state index is 13.2. The zero-order chi connectivity index (χ0) is 9.14. The third-order valence-electron chi connectivity index (χ3n) is 1.73. The topological polar surface area (TPSA) is 29.3 Å². The molecule has 0 saturated heterocycles. The van der Waals surface area contributed by atoms with E-state index in [-0.39, 0.29) is 5.82 Å². The second kappa shape index (κ2) is 3.54. The molecule has 0 amide bonds. The van der Waals surface area contributed by atoms with Gasteiger partial charge in [-0.15, -0.1) is 0 Å². The highest BCUT2D eigenvalue weighted by Gasteiger charge is 2.03. The van der Waals surface area contributed by atoms with E-state index in [9.17, 15) is 4.39 Å². The van der Waals surface area contributed by atoms with Crippen LogP contribution in [0.4, 0.5) is 10.1 Å². The molecule has 2 N–H and O–H groups in total. The van der Waals surface area contributed by atoms with Gasteiger partial charge >= 0.3 is 0 Å². The molecule has 0 aliphatic rings. The number of rotatable bonds is 2. The van der Waals surface area contributed by atoms with Gasteiger partial charge in [-0.05, 0) is 17.7 Å². The van der Waals surface area contributed by atoms with Gasteiger partial charge < -0.3 is 10.6 Å². The molecule has 0 heterocycles. The first kappa shape index (κ1) is 9.00. The molecule has 2 nitrogen and oxygen atoms in total. The number of hydrogen-bond acceptors (Lipinski definition) is 2. The van der Waals surface area contributed by atoms with Crippen molar-refractivity contribution in [1.29, 1.82) is 0 Å². The van der Waals surface area contributed by atoms with Crippen LogP contribution in [0, 0.1) is 5.82 Å². The SMILES string of the molecule is CN(C)c1ccc(CN)cc1F. The second-order valence-corrected chi connectivity index (χ2v) is 2.88. The first-order valence-electron chi connectivity index (χ1n) is 3.81. The van der Waals surface area contributed by atoms with E-state index >= 15 is 0 Å². The minimum absolute atomic E-state index is 0.219. The number of nitrogens with zero attached hydrogens (tertiary/aromatic N) is 1. The molecule has 0 atom stereocenters. The Hall–Kier alpha value is -1.09. The van der Waals surface area contributed by atoms with Crippen LogP contribution in [0.2, 0.25) is 0 Å². The van der Waals surface area contributed by atoms with E-state index in [1.807, 2.05) is 6.07 Å². The standard InChI is InChI=1S/C9H13FN2/c1-12(2)9-4-3-7(6-11)5-8(9)10/h3-5H,6,11H2,1-2H3. The third-order valence-corrected chi connectivity index (χ3v) is 1.73. The third kappa shape index (κ3) is 1.74. The van der Waals surface area contributed by atoms with Crippen molar-refractivity contribution < 1.29 is 4.39 Å². The number of nitrogens with two attached hydrogens (primary N) is 1. The summed E-state index contributed by atoms with van der Waals surface area (Å²) in [5, 5.41) is 0. The van der Waals surface area contributed by atoms with Crippen molar-refractivity contribution in [2.75, 3.05) is 19.0 Å². The average Bonchev–Trinajstić information content (AvgIpc) is 2.03. The van der Waals surface area contributed by atoms with Crippen LogP contribution in [0.3, 0.4) is 0 Å². The molecule has 0 aliphatic carbocycles. The summed E-state index contributed by atoms with van der Waals surface area (Å²) in [6.07, 6.45) is 0. The molecule has 1 rings (SSSR count). The normalized spacial score (nSPS) is 10.0. The first-order chi connectivity index (χ1) is 5.65. The lowest BCUT2D eigenvalue weighted by molar-refractivity contribution is 0.624. The number of anilines is 1. The molecule has 0 spiro atoms. The minimum atomic E-state index is -0.219. The van der Waals surface area contributed by atoms with Crippen LogP contribution in [0.25, 0.3) is 0 Å². The summed E-state index contributed by atoms with van der Waals surface area (Å²) < 4.78 is 13.2. The Morgan fingerprint density at radius 3 is 2.50 bits per heavy atom. The highest BCUT2D eigenvalue weighted by molar-refractivity contribution is 5.47. The van der Waals surface area contributed by atoms with Gasteiger partial charge in [0.1, 0.15) is 5.82 Å². The summed E-state index contributed by atoms with van der Waals surface area (Å²) in [5.74, 6) is -0.219. The van der Waals surface area contributed by atoms with E-state index in [4.69, 9.17) is 5.73 Å². The lowest BCUT2D eigenvalue weighted by atomic mass is 10.2. The van der Waals surface area contributed by atoms with Crippen LogP contribution in [-0.2, 0) is 6.54 Å². The lowest BCUT2D eigenvalue weighted by Crippen LogP contribution is -2.11. The van der Waals surface area contributed by atoms with Gasteiger partial charge in [0.05, 0.1) is 5.69 Å². The van der Waals surface area contributed by atoms with Gasteiger partial charge in [0.25, 0.3) is 0 Å². The van der Waals surface area contributed by atoms with Crippen molar-refractivity contribution in [3.05, 3.63) is 29.6 Å². The molecular weight excluding hydrogens is 155 g/mol. The fourth-order valence-corrected chi connectivity index (χ4v) is 1.04. The molecule has 0 aromatic heterocycles.